The molecule has 19 heavy (non-hydrogen) atoms. The summed E-state index contributed by atoms with van der Waals surface area (Å²) < 4.78 is 4.74. The van der Waals surface area contributed by atoms with Gasteiger partial charge in [0.1, 0.15) is 0 Å². The number of hydrogen-bond acceptors (Lipinski definition) is 3. The van der Waals surface area contributed by atoms with Crippen LogP contribution < -0.4 is 0 Å². The Morgan fingerprint density at radius 3 is 2.05 bits per heavy atom. The second-order valence-electron chi connectivity index (χ2n) is 3.67. The van der Waals surface area contributed by atoms with Gasteiger partial charge in [0, 0.05) is 0 Å². The van der Waals surface area contributed by atoms with Crippen LogP contribution in [0.5, 0.6) is 0 Å². The van der Waals surface area contributed by atoms with E-state index in [1.54, 1.807) is 30.3 Å². The van der Waals surface area contributed by atoms with Crippen LogP contribution in [0.4, 0.5) is 0 Å². The minimum Gasteiger partial charge on any atom is -0.386 e. The monoisotopic (exact) mass is 294 g/mol. The fourth-order valence-electron chi connectivity index (χ4n) is 1.40. The summed E-state index contributed by atoms with van der Waals surface area (Å²) in [6.07, 6.45) is 0. The number of hydrogen-bond donors (Lipinski definition) is 0. The van der Waals surface area contributed by atoms with Gasteiger partial charge < -0.3 is 4.74 Å². The predicted octanol–water partition coefficient (Wildman–Crippen LogP) is 3.99. The molecule has 2 aromatic rings. The standard InChI is InChI=1S/C14H8Cl2O3/c15-11-7-6-10(8-12(11)16)14(18)19-13(17)9-4-2-1-3-5-9/h1-8H. The first-order valence-corrected chi connectivity index (χ1v) is 6.10. The van der Waals surface area contributed by atoms with E-state index in [4.69, 9.17) is 27.9 Å². The fraction of sp³-hybridized carbons (Fsp3) is 0. The van der Waals surface area contributed by atoms with Crippen molar-refractivity contribution in [3.05, 3.63) is 69.7 Å². The highest BCUT2D eigenvalue weighted by Crippen LogP contribution is 2.23. The fourth-order valence-corrected chi connectivity index (χ4v) is 1.70. The minimum atomic E-state index is -0.771. The van der Waals surface area contributed by atoms with Crippen molar-refractivity contribution < 1.29 is 14.3 Å². The molecular weight excluding hydrogens is 287 g/mol. The second kappa shape index (κ2) is 5.87. The van der Waals surface area contributed by atoms with Crippen LogP contribution in [0.2, 0.25) is 10.0 Å². The number of carbonyl (C=O) groups excluding carboxylic acids is 2. The van der Waals surface area contributed by atoms with Crippen molar-refractivity contribution >= 4 is 35.1 Å². The lowest BCUT2D eigenvalue weighted by Gasteiger charge is -2.04. The highest BCUT2D eigenvalue weighted by Gasteiger charge is 2.15. The van der Waals surface area contributed by atoms with Crippen LogP contribution in [0.1, 0.15) is 20.7 Å². The molecule has 3 nitrogen and oxygen atoms in total. The van der Waals surface area contributed by atoms with Gasteiger partial charge in [-0.3, -0.25) is 0 Å². The summed E-state index contributed by atoms with van der Waals surface area (Å²) in [6, 6.07) is 12.5. The Hall–Kier alpha value is -1.84. The molecule has 0 aromatic heterocycles. The number of benzene rings is 2. The van der Waals surface area contributed by atoms with Gasteiger partial charge in [0.25, 0.3) is 0 Å². The van der Waals surface area contributed by atoms with Crippen LogP contribution in [0.15, 0.2) is 48.5 Å². The summed E-state index contributed by atoms with van der Waals surface area (Å²) in [4.78, 5) is 23.4. The zero-order valence-electron chi connectivity index (χ0n) is 9.60. The molecule has 0 saturated heterocycles. The third-order valence-corrected chi connectivity index (χ3v) is 3.09. The van der Waals surface area contributed by atoms with E-state index in [1.165, 1.54) is 18.2 Å². The lowest BCUT2D eigenvalue weighted by molar-refractivity contribution is 0.0398. The van der Waals surface area contributed by atoms with Gasteiger partial charge in [0.15, 0.2) is 0 Å². The molecule has 0 N–H and O–H groups in total. The molecule has 0 spiro atoms. The zero-order valence-corrected chi connectivity index (χ0v) is 11.1. The Balaban J connectivity index is 2.13. The molecule has 0 atom stereocenters. The van der Waals surface area contributed by atoms with Gasteiger partial charge in [-0.05, 0) is 30.3 Å². The number of ether oxygens (including phenoxy) is 1. The van der Waals surface area contributed by atoms with Gasteiger partial charge >= 0.3 is 11.9 Å². The topological polar surface area (TPSA) is 43.4 Å². The van der Waals surface area contributed by atoms with Crippen molar-refractivity contribution in [2.45, 2.75) is 0 Å². The minimum absolute atomic E-state index is 0.165. The molecule has 0 aliphatic carbocycles. The molecule has 0 aliphatic heterocycles. The van der Waals surface area contributed by atoms with E-state index < -0.39 is 11.9 Å². The summed E-state index contributed by atoms with van der Waals surface area (Å²) in [7, 11) is 0. The van der Waals surface area contributed by atoms with Crippen molar-refractivity contribution in [3.63, 3.8) is 0 Å². The van der Waals surface area contributed by atoms with E-state index >= 15 is 0 Å². The summed E-state index contributed by atoms with van der Waals surface area (Å²) >= 11 is 11.5. The number of halogens is 2. The molecule has 0 heterocycles. The lowest BCUT2D eigenvalue weighted by Crippen LogP contribution is -2.12. The Morgan fingerprint density at radius 2 is 1.42 bits per heavy atom. The van der Waals surface area contributed by atoms with E-state index in [9.17, 15) is 9.59 Å². The van der Waals surface area contributed by atoms with E-state index in [0.717, 1.165) is 0 Å². The normalized spacial score (nSPS) is 10.0. The van der Waals surface area contributed by atoms with Gasteiger partial charge in [-0.25, -0.2) is 9.59 Å². The van der Waals surface area contributed by atoms with Crippen LogP contribution in [-0.2, 0) is 4.74 Å². The Morgan fingerprint density at radius 1 is 0.789 bits per heavy atom. The first-order chi connectivity index (χ1) is 9.08. The van der Waals surface area contributed by atoms with Crippen LogP contribution >= 0.6 is 23.2 Å². The van der Waals surface area contributed by atoms with Gasteiger partial charge in [0.2, 0.25) is 0 Å². The Labute approximate surface area is 119 Å². The number of carbonyl (C=O) groups is 2. The van der Waals surface area contributed by atoms with E-state index in [-0.39, 0.29) is 10.6 Å². The van der Waals surface area contributed by atoms with Crippen molar-refractivity contribution in [1.29, 1.82) is 0 Å². The van der Waals surface area contributed by atoms with Crippen molar-refractivity contribution in [3.8, 4) is 0 Å². The summed E-state index contributed by atoms with van der Waals surface area (Å²) in [6.45, 7) is 0. The highest BCUT2D eigenvalue weighted by molar-refractivity contribution is 6.42. The van der Waals surface area contributed by atoms with Gasteiger partial charge in [-0.2, -0.15) is 0 Å². The zero-order chi connectivity index (χ0) is 13.8. The largest absolute Gasteiger partial charge is 0.386 e. The van der Waals surface area contributed by atoms with Crippen molar-refractivity contribution in [2.24, 2.45) is 0 Å². The molecule has 0 fully saturated rings. The average Bonchev–Trinajstić information content (AvgIpc) is 2.42. The molecular formula is C14H8Cl2O3. The Bertz CT molecular complexity index is 624. The average molecular weight is 295 g/mol. The van der Waals surface area contributed by atoms with Crippen molar-refractivity contribution in [1.82, 2.24) is 0 Å². The molecule has 96 valence electrons. The lowest BCUT2D eigenvalue weighted by atomic mass is 10.2. The molecule has 0 saturated carbocycles. The Kier molecular flexibility index (Phi) is 4.20. The third-order valence-electron chi connectivity index (χ3n) is 2.35. The summed E-state index contributed by atoms with van der Waals surface area (Å²) in [5, 5.41) is 0.552. The number of rotatable bonds is 2. The maximum Gasteiger partial charge on any atom is 0.346 e. The third kappa shape index (κ3) is 3.34. The van der Waals surface area contributed by atoms with Crippen LogP contribution in [0.25, 0.3) is 0 Å². The molecule has 0 aliphatic rings. The van der Waals surface area contributed by atoms with Gasteiger partial charge in [0.05, 0.1) is 21.2 Å². The van der Waals surface area contributed by atoms with E-state index in [0.29, 0.717) is 10.6 Å². The quantitative estimate of drug-likeness (QED) is 0.621. The van der Waals surface area contributed by atoms with Crippen LogP contribution in [-0.4, -0.2) is 11.9 Å². The molecule has 0 bridgehead atoms. The molecule has 0 amide bonds. The molecule has 2 rings (SSSR count). The number of esters is 2. The van der Waals surface area contributed by atoms with E-state index in [1.807, 2.05) is 0 Å². The maximum atomic E-state index is 11.7. The van der Waals surface area contributed by atoms with Gasteiger partial charge in [-0.15, -0.1) is 0 Å². The second-order valence-corrected chi connectivity index (χ2v) is 4.49. The van der Waals surface area contributed by atoms with E-state index in [2.05, 4.69) is 0 Å². The smallest absolute Gasteiger partial charge is 0.346 e. The molecule has 0 unspecified atom stereocenters. The summed E-state index contributed by atoms with van der Waals surface area (Å²) in [5.41, 5.74) is 0.467. The SMILES string of the molecule is O=C(OC(=O)c1ccc(Cl)c(Cl)c1)c1ccccc1. The molecule has 5 heteroatoms. The summed E-state index contributed by atoms with van der Waals surface area (Å²) in [5.74, 6) is -1.48. The predicted molar refractivity (Wildman–Crippen MR) is 72.7 cm³/mol. The molecule has 0 radical (unpaired) electrons. The highest BCUT2D eigenvalue weighted by atomic mass is 35.5. The van der Waals surface area contributed by atoms with Crippen molar-refractivity contribution in [2.75, 3.05) is 0 Å². The van der Waals surface area contributed by atoms with Crippen LogP contribution in [0.3, 0.4) is 0 Å². The first kappa shape index (κ1) is 13.6. The van der Waals surface area contributed by atoms with Gasteiger partial charge in [-0.1, -0.05) is 41.4 Å². The van der Waals surface area contributed by atoms with Crippen LogP contribution in [0, 0.1) is 0 Å². The maximum absolute atomic E-state index is 11.7. The molecule has 2 aromatic carbocycles. The first-order valence-electron chi connectivity index (χ1n) is 5.34.